The van der Waals surface area contributed by atoms with Crippen LogP contribution in [0.15, 0.2) is 28.8 Å². The molecule has 1 aliphatic rings. The Morgan fingerprint density at radius 1 is 1.27 bits per heavy atom. The molecule has 1 saturated heterocycles. The fraction of sp³-hybridized carbons (Fsp3) is 0.389. The molecule has 0 spiro atoms. The largest absolute Gasteiger partial charge is 0.497 e. The molecule has 26 heavy (non-hydrogen) atoms. The molecule has 0 radical (unpaired) electrons. The number of carbonyl (C=O) groups is 2. The first-order chi connectivity index (χ1) is 12.5. The van der Waals surface area contributed by atoms with Crippen molar-refractivity contribution in [2.45, 2.75) is 12.8 Å². The van der Waals surface area contributed by atoms with E-state index in [0.29, 0.717) is 28.5 Å². The maximum atomic E-state index is 13.0. The average Bonchev–Trinajstić information content (AvgIpc) is 3.29. The molecule has 1 fully saturated rings. The zero-order valence-corrected chi connectivity index (χ0v) is 14.9. The Morgan fingerprint density at radius 3 is 2.50 bits per heavy atom. The standard InChI is InChI=1S/C18H22N4O4/c1-21(11-14(19)23)18(24)15-16(12-5-7-13(25-2)8-6-12)26-20-17(15)22-9-3-4-10-22/h5-8H,3-4,9-11H2,1-2H3,(H2,19,23). The van der Waals surface area contributed by atoms with Gasteiger partial charge in [0.1, 0.15) is 11.3 Å². The predicted octanol–water partition coefficient (Wildman–Crippen LogP) is 1.51. The molecule has 0 aliphatic carbocycles. The second-order valence-electron chi connectivity index (χ2n) is 6.26. The van der Waals surface area contributed by atoms with Crippen LogP contribution in [0.25, 0.3) is 11.3 Å². The summed E-state index contributed by atoms with van der Waals surface area (Å²) in [6, 6.07) is 7.18. The molecule has 3 rings (SSSR count). The number of ether oxygens (including phenoxy) is 1. The van der Waals surface area contributed by atoms with Crippen LogP contribution in [0, 0.1) is 0 Å². The fourth-order valence-corrected chi connectivity index (χ4v) is 3.06. The van der Waals surface area contributed by atoms with Gasteiger partial charge in [0.2, 0.25) is 5.91 Å². The quantitative estimate of drug-likeness (QED) is 0.840. The molecule has 1 aromatic heterocycles. The minimum absolute atomic E-state index is 0.175. The number of nitrogens with zero attached hydrogens (tertiary/aromatic N) is 3. The Hall–Kier alpha value is -3.03. The van der Waals surface area contributed by atoms with Gasteiger partial charge in [-0.1, -0.05) is 5.16 Å². The maximum Gasteiger partial charge on any atom is 0.261 e. The maximum absolute atomic E-state index is 13.0. The van der Waals surface area contributed by atoms with Crippen LogP contribution in [0.5, 0.6) is 5.75 Å². The first kappa shape index (κ1) is 17.8. The van der Waals surface area contributed by atoms with Gasteiger partial charge in [0, 0.05) is 25.7 Å². The van der Waals surface area contributed by atoms with E-state index >= 15 is 0 Å². The normalized spacial score (nSPS) is 13.7. The van der Waals surface area contributed by atoms with Gasteiger partial charge in [0.25, 0.3) is 5.91 Å². The van der Waals surface area contributed by atoms with E-state index in [1.54, 1.807) is 31.4 Å². The third-order valence-corrected chi connectivity index (χ3v) is 4.39. The summed E-state index contributed by atoms with van der Waals surface area (Å²) in [7, 11) is 3.12. The number of methoxy groups -OCH3 is 1. The van der Waals surface area contributed by atoms with Crippen molar-refractivity contribution in [2.24, 2.45) is 5.73 Å². The Bertz CT molecular complexity index is 794. The summed E-state index contributed by atoms with van der Waals surface area (Å²) >= 11 is 0. The van der Waals surface area contributed by atoms with Crippen molar-refractivity contribution in [1.29, 1.82) is 0 Å². The Morgan fingerprint density at radius 2 is 1.92 bits per heavy atom. The van der Waals surface area contributed by atoms with E-state index in [9.17, 15) is 9.59 Å². The molecule has 2 N–H and O–H groups in total. The number of rotatable bonds is 6. The molecule has 1 aromatic carbocycles. The van der Waals surface area contributed by atoms with E-state index in [1.165, 1.54) is 11.9 Å². The van der Waals surface area contributed by atoms with Crippen LogP contribution in [0.2, 0.25) is 0 Å². The van der Waals surface area contributed by atoms with E-state index in [1.807, 2.05) is 4.90 Å². The highest BCUT2D eigenvalue weighted by Gasteiger charge is 2.31. The second kappa shape index (κ2) is 7.47. The lowest BCUT2D eigenvalue weighted by molar-refractivity contribution is -0.118. The van der Waals surface area contributed by atoms with Crippen molar-refractivity contribution in [3.05, 3.63) is 29.8 Å². The molecular weight excluding hydrogens is 336 g/mol. The molecule has 2 heterocycles. The molecule has 8 heteroatoms. The molecule has 0 atom stereocenters. The van der Waals surface area contributed by atoms with E-state index in [-0.39, 0.29) is 12.5 Å². The Kier molecular flexibility index (Phi) is 5.11. The predicted molar refractivity (Wildman–Crippen MR) is 96.1 cm³/mol. The molecule has 1 aliphatic heterocycles. The van der Waals surface area contributed by atoms with Gasteiger partial charge < -0.3 is 24.8 Å². The van der Waals surface area contributed by atoms with E-state index in [0.717, 1.165) is 25.9 Å². The van der Waals surface area contributed by atoms with Crippen LogP contribution in [0.4, 0.5) is 5.82 Å². The smallest absolute Gasteiger partial charge is 0.261 e. The first-order valence-electron chi connectivity index (χ1n) is 8.44. The topological polar surface area (TPSA) is 102 Å². The lowest BCUT2D eigenvalue weighted by Crippen LogP contribution is -2.36. The van der Waals surface area contributed by atoms with E-state index < -0.39 is 5.91 Å². The third kappa shape index (κ3) is 3.49. The Labute approximate surface area is 151 Å². The van der Waals surface area contributed by atoms with Crippen molar-refractivity contribution in [3.8, 4) is 17.1 Å². The Balaban J connectivity index is 2.03. The van der Waals surface area contributed by atoms with Crippen molar-refractivity contribution < 1.29 is 18.8 Å². The number of hydrogen-bond donors (Lipinski definition) is 1. The number of anilines is 1. The number of hydrogen-bond acceptors (Lipinski definition) is 6. The fourth-order valence-electron chi connectivity index (χ4n) is 3.06. The second-order valence-corrected chi connectivity index (χ2v) is 6.26. The number of carbonyl (C=O) groups excluding carboxylic acids is 2. The zero-order valence-electron chi connectivity index (χ0n) is 14.9. The van der Waals surface area contributed by atoms with Crippen LogP contribution < -0.4 is 15.4 Å². The van der Waals surface area contributed by atoms with Crippen LogP contribution >= 0.6 is 0 Å². The lowest BCUT2D eigenvalue weighted by Gasteiger charge is -2.19. The van der Waals surface area contributed by atoms with Gasteiger partial charge in [-0.25, -0.2) is 0 Å². The van der Waals surface area contributed by atoms with Crippen LogP contribution in [0.1, 0.15) is 23.2 Å². The first-order valence-corrected chi connectivity index (χ1v) is 8.44. The van der Waals surface area contributed by atoms with Crippen molar-refractivity contribution in [2.75, 3.05) is 38.7 Å². The van der Waals surface area contributed by atoms with Gasteiger partial charge in [-0.3, -0.25) is 9.59 Å². The summed E-state index contributed by atoms with van der Waals surface area (Å²) in [5, 5.41) is 4.16. The average molecular weight is 358 g/mol. The van der Waals surface area contributed by atoms with Crippen molar-refractivity contribution in [3.63, 3.8) is 0 Å². The molecular formula is C18H22N4O4. The number of nitrogens with two attached hydrogens (primary N) is 1. The van der Waals surface area contributed by atoms with Gasteiger partial charge in [-0.05, 0) is 37.1 Å². The van der Waals surface area contributed by atoms with Gasteiger partial charge in [0.05, 0.1) is 13.7 Å². The highest BCUT2D eigenvalue weighted by Crippen LogP contribution is 2.34. The third-order valence-electron chi connectivity index (χ3n) is 4.39. The van der Waals surface area contributed by atoms with Crippen molar-refractivity contribution >= 4 is 17.6 Å². The minimum atomic E-state index is -0.578. The molecule has 0 saturated carbocycles. The summed E-state index contributed by atoms with van der Waals surface area (Å²) in [5.41, 5.74) is 6.29. The number of primary amides is 1. The number of aromatic nitrogens is 1. The monoisotopic (exact) mass is 358 g/mol. The minimum Gasteiger partial charge on any atom is -0.497 e. The van der Waals surface area contributed by atoms with Gasteiger partial charge in [-0.15, -0.1) is 0 Å². The SMILES string of the molecule is COc1ccc(-c2onc(N3CCCC3)c2C(=O)N(C)CC(N)=O)cc1. The summed E-state index contributed by atoms with van der Waals surface area (Å²) in [6.07, 6.45) is 2.07. The number of likely N-dealkylation sites (N-methyl/N-ethyl adjacent to an activating group) is 1. The van der Waals surface area contributed by atoms with Crippen molar-refractivity contribution in [1.82, 2.24) is 10.1 Å². The summed E-state index contributed by atoms with van der Waals surface area (Å²) in [5.74, 6) is 0.654. The van der Waals surface area contributed by atoms with Crippen LogP contribution in [0.3, 0.4) is 0 Å². The van der Waals surface area contributed by atoms with E-state index in [4.69, 9.17) is 15.0 Å². The molecule has 0 unspecified atom stereocenters. The highest BCUT2D eigenvalue weighted by molar-refractivity contribution is 6.05. The highest BCUT2D eigenvalue weighted by atomic mass is 16.5. The van der Waals surface area contributed by atoms with Crippen LogP contribution in [-0.4, -0.2) is 55.7 Å². The number of amides is 2. The molecule has 0 bridgehead atoms. The molecule has 2 amide bonds. The van der Waals surface area contributed by atoms with E-state index in [2.05, 4.69) is 5.16 Å². The van der Waals surface area contributed by atoms with Gasteiger partial charge >= 0.3 is 0 Å². The summed E-state index contributed by atoms with van der Waals surface area (Å²) in [6.45, 7) is 1.45. The zero-order chi connectivity index (χ0) is 18.7. The summed E-state index contributed by atoms with van der Waals surface area (Å²) < 4.78 is 10.7. The van der Waals surface area contributed by atoms with Crippen LogP contribution in [-0.2, 0) is 4.79 Å². The van der Waals surface area contributed by atoms with Gasteiger partial charge in [0.15, 0.2) is 11.6 Å². The molecule has 2 aromatic rings. The molecule has 138 valence electrons. The molecule has 8 nitrogen and oxygen atoms in total. The number of benzene rings is 1. The summed E-state index contributed by atoms with van der Waals surface area (Å²) in [4.78, 5) is 27.5. The van der Waals surface area contributed by atoms with Gasteiger partial charge in [-0.2, -0.15) is 0 Å². The lowest BCUT2D eigenvalue weighted by atomic mass is 10.1.